The van der Waals surface area contributed by atoms with Crippen molar-refractivity contribution in [3.05, 3.63) is 65.5 Å². The molecule has 0 spiro atoms. The van der Waals surface area contributed by atoms with Gasteiger partial charge in [-0.2, -0.15) is 0 Å². The molecule has 34 heavy (non-hydrogen) atoms. The fourth-order valence-electron chi connectivity index (χ4n) is 4.36. The molecule has 8 heteroatoms. The zero-order valence-corrected chi connectivity index (χ0v) is 19.5. The normalized spacial score (nSPS) is 20.2. The molecule has 2 aliphatic rings. The summed E-state index contributed by atoms with van der Waals surface area (Å²) in [7, 11) is 0. The van der Waals surface area contributed by atoms with E-state index in [1.807, 2.05) is 0 Å². The van der Waals surface area contributed by atoms with Crippen molar-refractivity contribution in [1.82, 2.24) is 9.88 Å². The Hall–Kier alpha value is -2.81. The second-order valence-electron chi connectivity index (χ2n) is 8.75. The fraction of sp³-hybridized carbons (Fsp3) is 0.500. The van der Waals surface area contributed by atoms with E-state index in [-0.39, 0.29) is 12.2 Å². The Morgan fingerprint density at radius 2 is 1.97 bits per heavy atom. The summed E-state index contributed by atoms with van der Waals surface area (Å²) in [6.45, 7) is 4.32. The van der Waals surface area contributed by atoms with Crippen molar-refractivity contribution in [3.8, 4) is 0 Å². The van der Waals surface area contributed by atoms with Crippen molar-refractivity contribution in [1.29, 1.82) is 0 Å². The number of oxime groups is 1. The number of hydrogen-bond acceptors (Lipinski definition) is 7. The molecule has 0 aliphatic carbocycles. The van der Waals surface area contributed by atoms with Gasteiger partial charge in [-0.1, -0.05) is 35.5 Å². The smallest absolute Gasteiger partial charge is 0.335 e. The van der Waals surface area contributed by atoms with Gasteiger partial charge < -0.3 is 24.3 Å². The van der Waals surface area contributed by atoms with Crippen LogP contribution >= 0.6 is 0 Å². The molecule has 1 aromatic heterocycles. The molecule has 0 radical (unpaired) electrons. The summed E-state index contributed by atoms with van der Waals surface area (Å²) in [6, 6.07) is 13.7. The molecular weight excluding hydrogens is 434 g/mol. The van der Waals surface area contributed by atoms with Gasteiger partial charge in [0.2, 0.25) is 6.29 Å². The molecule has 1 unspecified atom stereocenters. The molecule has 4 rings (SSSR count). The summed E-state index contributed by atoms with van der Waals surface area (Å²) >= 11 is 0. The van der Waals surface area contributed by atoms with Gasteiger partial charge >= 0.3 is 5.97 Å². The van der Waals surface area contributed by atoms with Gasteiger partial charge in [-0.15, -0.1) is 0 Å². The van der Waals surface area contributed by atoms with Crippen LogP contribution in [0.25, 0.3) is 0 Å². The van der Waals surface area contributed by atoms with E-state index >= 15 is 0 Å². The van der Waals surface area contributed by atoms with Gasteiger partial charge in [-0.3, -0.25) is 4.98 Å². The molecule has 0 bridgehead atoms. The third kappa shape index (κ3) is 7.09. The molecule has 3 heterocycles. The van der Waals surface area contributed by atoms with Crippen molar-refractivity contribution in [2.75, 3.05) is 39.5 Å². The summed E-state index contributed by atoms with van der Waals surface area (Å²) in [4.78, 5) is 23.7. The summed E-state index contributed by atoms with van der Waals surface area (Å²) in [5, 5.41) is 13.6. The number of carboxylic acid groups (broad SMARTS) is 1. The number of piperidine rings is 1. The number of carbonyl (C=O) groups is 1. The van der Waals surface area contributed by atoms with Gasteiger partial charge in [0.25, 0.3) is 0 Å². The first-order valence-corrected chi connectivity index (χ1v) is 12.1. The molecule has 2 aliphatic heterocycles. The van der Waals surface area contributed by atoms with Crippen LogP contribution < -0.4 is 0 Å². The molecule has 2 saturated heterocycles. The van der Waals surface area contributed by atoms with Crippen molar-refractivity contribution in [2.45, 2.75) is 44.3 Å². The number of benzene rings is 1. The van der Waals surface area contributed by atoms with E-state index in [4.69, 9.17) is 14.3 Å². The highest BCUT2D eigenvalue weighted by molar-refractivity contribution is 6.01. The van der Waals surface area contributed by atoms with E-state index in [0.29, 0.717) is 30.5 Å². The Morgan fingerprint density at radius 1 is 1.15 bits per heavy atom. The van der Waals surface area contributed by atoms with Crippen molar-refractivity contribution < 1.29 is 24.2 Å². The van der Waals surface area contributed by atoms with Gasteiger partial charge in [0.05, 0.1) is 31.1 Å². The molecular formula is C26H33N3O5. The summed E-state index contributed by atoms with van der Waals surface area (Å²) in [6.07, 6.45) is 6.19. The molecule has 8 nitrogen and oxygen atoms in total. The first-order valence-electron chi connectivity index (χ1n) is 12.1. The summed E-state index contributed by atoms with van der Waals surface area (Å²) in [5.41, 5.74) is 2.46. The summed E-state index contributed by atoms with van der Waals surface area (Å²) < 4.78 is 11.5. The highest BCUT2D eigenvalue weighted by Gasteiger charge is 2.20. The van der Waals surface area contributed by atoms with E-state index in [2.05, 4.69) is 45.4 Å². The molecule has 0 saturated carbocycles. The topological polar surface area (TPSA) is 93.5 Å². The Kier molecular flexibility index (Phi) is 9.01. The minimum absolute atomic E-state index is 0.146. The third-order valence-corrected chi connectivity index (χ3v) is 6.37. The first-order chi connectivity index (χ1) is 16.7. The lowest BCUT2D eigenvalue weighted by Gasteiger charge is -2.32. The molecule has 1 aromatic carbocycles. The van der Waals surface area contributed by atoms with Gasteiger partial charge in [-0.25, -0.2) is 4.79 Å². The maximum absolute atomic E-state index is 11.4. The fourth-order valence-corrected chi connectivity index (χ4v) is 4.36. The predicted octanol–water partition coefficient (Wildman–Crippen LogP) is 3.92. The van der Waals surface area contributed by atoms with Gasteiger partial charge in [-0.05, 0) is 62.4 Å². The number of pyridine rings is 1. The quantitative estimate of drug-likeness (QED) is 0.322. The molecule has 2 fully saturated rings. The monoisotopic (exact) mass is 467 g/mol. The second-order valence-corrected chi connectivity index (χ2v) is 8.75. The summed E-state index contributed by atoms with van der Waals surface area (Å²) in [5.74, 6) is -0.386. The third-order valence-electron chi connectivity index (χ3n) is 6.37. The zero-order chi connectivity index (χ0) is 23.6. The SMILES string of the molecule is O=C(O)c1ccnc(/C(COCCN2CCC(c3ccccc3)CC2)=N/OC2CCCCO2)c1. The maximum atomic E-state index is 11.4. The largest absolute Gasteiger partial charge is 0.478 e. The maximum Gasteiger partial charge on any atom is 0.335 e. The van der Waals surface area contributed by atoms with Gasteiger partial charge in [0.15, 0.2) is 0 Å². The van der Waals surface area contributed by atoms with E-state index in [9.17, 15) is 9.90 Å². The Balaban J connectivity index is 1.28. The van der Waals surface area contributed by atoms with Crippen LogP contribution in [0.5, 0.6) is 0 Å². The standard InChI is InChI=1S/C26H33N3O5/c30-26(31)22-9-12-27-23(18-22)24(28-34-25-8-4-5-16-33-25)19-32-17-15-29-13-10-21(11-14-29)20-6-2-1-3-7-20/h1-3,6-7,9,12,18,21,25H,4-5,8,10-11,13-17,19H2,(H,30,31)/b28-24+. The highest BCUT2D eigenvalue weighted by atomic mass is 16.8. The zero-order valence-electron chi connectivity index (χ0n) is 19.5. The van der Waals surface area contributed by atoms with E-state index in [0.717, 1.165) is 51.7 Å². The number of hydrogen-bond donors (Lipinski definition) is 1. The van der Waals surface area contributed by atoms with E-state index < -0.39 is 12.3 Å². The Morgan fingerprint density at radius 3 is 2.71 bits per heavy atom. The molecule has 1 N–H and O–H groups in total. The van der Waals surface area contributed by atoms with Crippen molar-refractivity contribution in [3.63, 3.8) is 0 Å². The van der Waals surface area contributed by atoms with E-state index in [1.165, 1.54) is 23.9 Å². The van der Waals surface area contributed by atoms with Crippen LogP contribution in [0.3, 0.4) is 0 Å². The van der Waals surface area contributed by atoms with E-state index in [1.54, 1.807) is 0 Å². The lowest BCUT2D eigenvalue weighted by Crippen LogP contribution is -2.35. The van der Waals surface area contributed by atoms with Crippen molar-refractivity contribution >= 4 is 11.7 Å². The average molecular weight is 468 g/mol. The lowest BCUT2D eigenvalue weighted by atomic mass is 9.89. The lowest BCUT2D eigenvalue weighted by molar-refractivity contribution is -0.162. The van der Waals surface area contributed by atoms with Gasteiger partial charge in [0.1, 0.15) is 5.71 Å². The second kappa shape index (κ2) is 12.6. The van der Waals surface area contributed by atoms with Crippen LogP contribution in [0.2, 0.25) is 0 Å². The average Bonchev–Trinajstić information content (AvgIpc) is 2.90. The Labute approximate surface area is 200 Å². The van der Waals surface area contributed by atoms with Crippen LogP contribution in [-0.2, 0) is 14.3 Å². The number of carboxylic acids is 1. The minimum Gasteiger partial charge on any atom is -0.478 e. The van der Waals surface area contributed by atoms with Gasteiger partial charge in [0, 0.05) is 19.2 Å². The number of likely N-dealkylation sites (tertiary alicyclic amines) is 1. The van der Waals surface area contributed by atoms with Crippen LogP contribution in [0.15, 0.2) is 53.8 Å². The van der Waals surface area contributed by atoms with Crippen LogP contribution in [-0.4, -0.2) is 72.4 Å². The molecule has 0 amide bonds. The number of aromatic carboxylic acids is 1. The number of ether oxygens (including phenoxy) is 2. The van der Waals surface area contributed by atoms with Crippen molar-refractivity contribution in [2.24, 2.45) is 5.16 Å². The van der Waals surface area contributed by atoms with Crippen LogP contribution in [0.4, 0.5) is 0 Å². The number of aromatic nitrogens is 1. The number of rotatable bonds is 10. The minimum atomic E-state index is -1.01. The van der Waals surface area contributed by atoms with Crippen LogP contribution in [0, 0.1) is 0 Å². The highest BCUT2D eigenvalue weighted by Crippen LogP contribution is 2.27. The predicted molar refractivity (Wildman–Crippen MR) is 128 cm³/mol. The number of nitrogens with zero attached hydrogens (tertiary/aromatic N) is 3. The molecule has 2 aromatic rings. The Bertz CT molecular complexity index is 938. The molecule has 182 valence electrons. The first kappa shape index (κ1) is 24.3. The van der Waals surface area contributed by atoms with Crippen LogP contribution in [0.1, 0.15) is 59.6 Å². The molecule has 1 atom stereocenters.